The monoisotopic (exact) mass is 494 g/mol. The van der Waals surface area contributed by atoms with E-state index < -0.39 is 17.2 Å². The highest BCUT2D eigenvalue weighted by Gasteiger charge is 2.18. The smallest absolute Gasteiger partial charge is 0.277 e. The van der Waals surface area contributed by atoms with E-state index in [1.54, 1.807) is 32.1 Å². The van der Waals surface area contributed by atoms with Gasteiger partial charge in [0.1, 0.15) is 34.6 Å². The van der Waals surface area contributed by atoms with E-state index in [4.69, 9.17) is 27.9 Å². The van der Waals surface area contributed by atoms with Crippen LogP contribution in [0.4, 0.5) is 8.78 Å². The Balaban J connectivity index is 1.97. The Labute approximate surface area is 197 Å². The van der Waals surface area contributed by atoms with E-state index in [2.05, 4.69) is 9.97 Å². The Bertz CT molecular complexity index is 1310. The van der Waals surface area contributed by atoms with Crippen LogP contribution in [0.25, 0.3) is 5.69 Å². The van der Waals surface area contributed by atoms with Crippen molar-refractivity contribution >= 4 is 29.0 Å². The molecule has 0 spiro atoms. The molecule has 3 rings (SSSR count). The summed E-state index contributed by atoms with van der Waals surface area (Å²) in [6.45, 7) is 1.23. The van der Waals surface area contributed by atoms with Crippen molar-refractivity contribution in [3.05, 3.63) is 92.0 Å². The minimum Gasteiger partial charge on any atom is -0.485 e. The first-order valence-corrected chi connectivity index (χ1v) is 10.2. The number of aryl methyl sites for hydroxylation is 1. The second-order valence-corrected chi connectivity index (χ2v) is 7.92. The molecule has 0 radical (unpaired) electrons. The van der Waals surface area contributed by atoms with Crippen LogP contribution in [0.1, 0.15) is 21.9 Å². The van der Waals surface area contributed by atoms with E-state index in [1.807, 2.05) is 0 Å². The molecule has 3 aromatic rings. The van der Waals surface area contributed by atoms with Gasteiger partial charge in [-0.25, -0.2) is 8.78 Å². The first kappa shape index (κ1) is 24.3. The number of aromatic nitrogens is 3. The number of allylic oxidation sites excluding steroid dienone is 1. The maximum Gasteiger partial charge on any atom is 0.277 e. The van der Waals surface area contributed by atoms with Crippen LogP contribution in [0.3, 0.4) is 0 Å². The van der Waals surface area contributed by atoms with Crippen molar-refractivity contribution in [3.63, 3.8) is 0 Å². The zero-order valence-corrected chi connectivity index (χ0v) is 19.3. The van der Waals surface area contributed by atoms with Gasteiger partial charge in [-0.15, -0.1) is 0 Å². The molecule has 0 atom stereocenters. The molecular formula is C22H18Cl2F2N4O3. The first-order valence-electron chi connectivity index (χ1n) is 9.48. The van der Waals surface area contributed by atoms with Gasteiger partial charge in [0.15, 0.2) is 5.82 Å². The van der Waals surface area contributed by atoms with Gasteiger partial charge in [0.2, 0.25) is 5.78 Å². The Kier molecular flexibility index (Phi) is 7.45. The summed E-state index contributed by atoms with van der Waals surface area (Å²) in [5, 5.41) is -0.174. The minimum absolute atomic E-state index is 0.0173. The van der Waals surface area contributed by atoms with E-state index in [-0.39, 0.29) is 45.3 Å². The van der Waals surface area contributed by atoms with E-state index in [0.29, 0.717) is 11.8 Å². The van der Waals surface area contributed by atoms with Gasteiger partial charge in [0.05, 0.1) is 16.9 Å². The molecule has 0 bridgehead atoms. The third-order valence-electron chi connectivity index (χ3n) is 4.40. The standard InChI is InChI=1S/C22H18Cl2F2N4O3/c1-12-6-20(33-11-17-15(26)7-13(25)9-27-17)21(24)22(32)30(12)18-8-16(28-10-14(18)23)19(31)4-5-29(2)3/h4-10H,11H2,1-3H3/b5-4+. The van der Waals surface area contributed by atoms with Crippen molar-refractivity contribution < 1.29 is 18.3 Å². The van der Waals surface area contributed by atoms with Crippen LogP contribution in [-0.4, -0.2) is 39.3 Å². The molecular weight excluding hydrogens is 477 g/mol. The molecule has 11 heteroatoms. The molecule has 0 fully saturated rings. The fraction of sp³-hybridized carbons (Fsp3) is 0.182. The summed E-state index contributed by atoms with van der Waals surface area (Å²) in [5.41, 5.74) is -0.166. The van der Waals surface area contributed by atoms with Crippen LogP contribution >= 0.6 is 23.2 Å². The predicted octanol–water partition coefficient (Wildman–Crippen LogP) is 4.36. The Morgan fingerprint density at radius 3 is 2.58 bits per heavy atom. The minimum atomic E-state index is -0.889. The number of ketones is 1. The van der Waals surface area contributed by atoms with Crippen molar-refractivity contribution in [3.8, 4) is 11.4 Å². The van der Waals surface area contributed by atoms with E-state index in [1.165, 1.54) is 29.0 Å². The molecule has 3 heterocycles. The third-order valence-corrected chi connectivity index (χ3v) is 5.04. The van der Waals surface area contributed by atoms with Crippen LogP contribution in [-0.2, 0) is 6.61 Å². The molecule has 0 aromatic carbocycles. The van der Waals surface area contributed by atoms with Gasteiger partial charge in [-0.2, -0.15) is 0 Å². The lowest BCUT2D eigenvalue weighted by molar-refractivity contribution is 0.104. The number of hydrogen-bond acceptors (Lipinski definition) is 6. The van der Waals surface area contributed by atoms with Crippen LogP contribution in [0.2, 0.25) is 10.0 Å². The van der Waals surface area contributed by atoms with Gasteiger partial charge >= 0.3 is 0 Å². The molecule has 0 saturated carbocycles. The molecule has 0 unspecified atom stereocenters. The maximum absolute atomic E-state index is 13.8. The Morgan fingerprint density at radius 2 is 1.91 bits per heavy atom. The average Bonchev–Trinajstić information content (AvgIpc) is 2.75. The SMILES string of the molecule is Cc1cc(OCc2ncc(F)cc2F)c(Cl)c(=O)n1-c1cc(C(=O)/C=C/N(C)C)ncc1Cl. The highest BCUT2D eigenvalue weighted by molar-refractivity contribution is 6.33. The number of ether oxygens (including phenoxy) is 1. The number of hydrogen-bond donors (Lipinski definition) is 0. The van der Waals surface area contributed by atoms with Crippen molar-refractivity contribution in [2.45, 2.75) is 13.5 Å². The lowest BCUT2D eigenvalue weighted by atomic mass is 10.2. The van der Waals surface area contributed by atoms with Crippen LogP contribution < -0.4 is 10.3 Å². The van der Waals surface area contributed by atoms with E-state index in [9.17, 15) is 18.4 Å². The molecule has 0 N–H and O–H groups in total. The topological polar surface area (TPSA) is 77.3 Å². The molecule has 0 saturated heterocycles. The quantitative estimate of drug-likeness (QED) is 0.358. The molecule has 0 aliphatic heterocycles. The van der Waals surface area contributed by atoms with Crippen LogP contribution in [0.15, 0.2) is 47.7 Å². The highest BCUT2D eigenvalue weighted by atomic mass is 35.5. The van der Waals surface area contributed by atoms with Gasteiger partial charge in [0, 0.05) is 50.4 Å². The molecule has 172 valence electrons. The largest absolute Gasteiger partial charge is 0.485 e. The predicted molar refractivity (Wildman–Crippen MR) is 120 cm³/mol. The van der Waals surface area contributed by atoms with E-state index >= 15 is 0 Å². The molecule has 3 aromatic heterocycles. The number of carbonyl (C=O) groups is 1. The van der Waals surface area contributed by atoms with Crippen LogP contribution in [0.5, 0.6) is 5.75 Å². The molecule has 7 nitrogen and oxygen atoms in total. The third kappa shape index (κ3) is 5.55. The summed E-state index contributed by atoms with van der Waals surface area (Å²) in [6.07, 6.45) is 5.02. The second kappa shape index (κ2) is 10.1. The summed E-state index contributed by atoms with van der Waals surface area (Å²) in [4.78, 5) is 34.7. The molecule has 0 amide bonds. The zero-order valence-electron chi connectivity index (χ0n) is 17.8. The Morgan fingerprint density at radius 1 is 1.18 bits per heavy atom. The lowest BCUT2D eigenvalue weighted by Crippen LogP contribution is -2.22. The average molecular weight is 495 g/mol. The summed E-state index contributed by atoms with van der Waals surface area (Å²) in [6, 6.07) is 3.51. The lowest BCUT2D eigenvalue weighted by Gasteiger charge is -2.16. The maximum atomic E-state index is 13.8. The summed E-state index contributed by atoms with van der Waals surface area (Å²) >= 11 is 12.5. The fourth-order valence-corrected chi connectivity index (χ4v) is 3.20. The highest BCUT2D eigenvalue weighted by Crippen LogP contribution is 2.27. The van der Waals surface area contributed by atoms with Gasteiger partial charge in [-0.05, 0) is 13.0 Å². The first-order chi connectivity index (χ1) is 15.6. The number of carbonyl (C=O) groups excluding carboxylic acids is 1. The van der Waals surface area contributed by atoms with Crippen molar-refractivity contribution in [2.24, 2.45) is 0 Å². The van der Waals surface area contributed by atoms with Crippen molar-refractivity contribution in [1.82, 2.24) is 19.4 Å². The number of rotatable bonds is 7. The fourth-order valence-electron chi connectivity index (χ4n) is 2.82. The van der Waals surface area contributed by atoms with Gasteiger partial charge in [-0.3, -0.25) is 24.1 Å². The number of nitrogens with zero attached hydrogens (tertiary/aromatic N) is 4. The van der Waals surface area contributed by atoms with Crippen LogP contribution in [0, 0.1) is 18.6 Å². The number of pyridine rings is 3. The summed E-state index contributed by atoms with van der Waals surface area (Å²) < 4.78 is 33.5. The molecule has 33 heavy (non-hydrogen) atoms. The number of halogens is 4. The zero-order chi connectivity index (χ0) is 24.3. The normalized spacial score (nSPS) is 11.1. The van der Waals surface area contributed by atoms with Gasteiger partial charge in [-0.1, -0.05) is 23.2 Å². The molecule has 0 aliphatic rings. The summed E-state index contributed by atoms with van der Waals surface area (Å²) in [5.74, 6) is -2.11. The Hall–Kier alpha value is -3.30. The van der Waals surface area contributed by atoms with Gasteiger partial charge in [0.25, 0.3) is 5.56 Å². The van der Waals surface area contributed by atoms with Crippen molar-refractivity contribution in [2.75, 3.05) is 14.1 Å². The van der Waals surface area contributed by atoms with Crippen molar-refractivity contribution in [1.29, 1.82) is 0 Å². The van der Waals surface area contributed by atoms with E-state index in [0.717, 1.165) is 6.20 Å². The van der Waals surface area contributed by atoms with Gasteiger partial charge < -0.3 is 9.64 Å². The second-order valence-electron chi connectivity index (χ2n) is 7.14. The molecule has 0 aliphatic carbocycles. The summed E-state index contributed by atoms with van der Waals surface area (Å²) in [7, 11) is 3.53.